The first kappa shape index (κ1) is 20.3. The second-order valence-electron chi connectivity index (χ2n) is 7.44. The van der Waals surface area contributed by atoms with Crippen molar-refractivity contribution in [2.75, 3.05) is 0 Å². The third-order valence-corrected chi connectivity index (χ3v) is 6.08. The summed E-state index contributed by atoms with van der Waals surface area (Å²) in [6.07, 6.45) is 4.72. The maximum atomic E-state index is 12.4. The molecule has 0 fully saturated rings. The van der Waals surface area contributed by atoms with Crippen LogP contribution in [0, 0.1) is 0 Å². The highest BCUT2D eigenvalue weighted by Crippen LogP contribution is 2.23. The maximum Gasteiger partial charge on any atom is 0.338 e. The van der Waals surface area contributed by atoms with Gasteiger partial charge in [0.15, 0.2) is 0 Å². The van der Waals surface area contributed by atoms with Gasteiger partial charge in [0.05, 0.1) is 17.7 Å². The molecule has 1 aromatic heterocycles. The summed E-state index contributed by atoms with van der Waals surface area (Å²) in [6, 6.07) is 15.6. The number of benzene rings is 2. The molecular weight excluding hydrogens is 396 g/mol. The van der Waals surface area contributed by atoms with Gasteiger partial charge in [-0.25, -0.2) is 9.78 Å². The number of rotatable bonds is 7. The Labute approximate surface area is 180 Å². The molecule has 1 N–H and O–H groups in total. The number of carbonyl (C=O) groups is 2. The van der Waals surface area contributed by atoms with Gasteiger partial charge in [0.1, 0.15) is 11.6 Å². The normalized spacial score (nSPS) is 12.8. The van der Waals surface area contributed by atoms with Crippen molar-refractivity contribution in [1.29, 1.82) is 0 Å². The Bertz CT molecular complexity index is 1030. The Morgan fingerprint density at radius 2 is 1.83 bits per heavy atom. The van der Waals surface area contributed by atoms with Gasteiger partial charge >= 0.3 is 5.97 Å². The van der Waals surface area contributed by atoms with Gasteiger partial charge in [0.2, 0.25) is 5.91 Å². The number of fused-ring (bicyclic) bond motifs is 1. The molecule has 1 heterocycles. The predicted molar refractivity (Wildman–Crippen MR) is 116 cm³/mol. The highest BCUT2D eigenvalue weighted by Gasteiger charge is 2.15. The van der Waals surface area contributed by atoms with Crippen molar-refractivity contribution < 1.29 is 14.3 Å². The highest BCUT2D eigenvalue weighted by molar-refractivity contribution is 7.09. The quantitative estimate of drug-likeness (QED) is 0.581. The number of aromatic nitrogens is 1. The second-order valence-corrected chi connectivity index (χ2v) is 8.38. The first-order chi connectivity index (χ1) is 14.7. The summed E-state index contributed by atoms with van der Waals surface area (Å²) in [5.41, 5.74) is 4.91. The van der Waals surface area contributed by atoms with E-state index in [0.717, 1.165) is 18.4 Å². The molecule has 0 bridgehead atoms. The molecule has 0 saturated heterocycles. The van der Waals surface area contributed by atoms with Crippen molar-refractivity contribution in [1.82, 2.24) is 10.3 Å². The van der Waals surface area contributed by atoms with Gasteiger partial charge in [0.25, 0.3) is 0 Å². The minimum atomic E-state index is -0.335. The lowest BCUT2D eigenvalue weighted by Gasteiger charge is -2.16. The van der Waals surface area contributed by atoms with E-state index in [2.05, 4.69) is 10.3 Å². The van der Waals surface area contributed by atoms with Crippen LogP contribution in [0.1, 0.15) is 50.6 Å². The van der Waals surface area contributed by atoms with E-state index in [4.69, 9.17) is 4.74 Å². The van der Waals surface area contributed by atoms with Gasteiger partial charge < -0.3 is 10.1 Å². The molecule has 1 aliphatic carbocycles. The number of aryl methyl sites for hydroxylation is 2. The average molecular weight is 421 g/mol. The van der Waals surface area contributed by atoms with Crippen LogP contribution in [0.15, 0.2) is 53.9 Å². The zero-order valence-corrected chi connectivity index (χ0v) is 17.5. The summed E-state index contributed by atoms with van der Waals surface area (Å²) in [4.78, 5) is 29.0. The van der Waals surface area contributed by atoms with Crippen LogP contribution in [0.4, 0.5) is 0 Å². The summed E-state index contributed by atoms with van der Waals surface area (Å²) in [5, 5.41) is 5.44. The molecule has 6 heteroatoms. The molecule has 2 aromatic carbocycles. The zero-order chi connectivity index (χ0) is 20.8. The Hall–Kier alpha value is -2.99. The molecule has 1 amide bonds. The Kier molecular flexibility index (Phi) is 6.54. The van der Waals surface area contributed by atoms with Crippen LogP contribution < -0.4 is 5.32 Å². The van der Waals surface area contributed by atoms with E-state index in [-0.39, 0.29) is 24.9 Å². The molecule has 0 spiro atoms. The van der Waals surface area contributed by atoms with Crippen LogP contribution in [-0.4, -0.2) is 16.9 Å². The lowest BCUT2D eigenvalue weighted by Crippen LogP contribution is -2.24. The third-order valence-electron chi connectivity index (χ3n) is 5.18. The van der Waals surface area contributed by atoms with Gasteiger partial charge in [-0.1, -0.05) is 36.4 Å². The van der Waals surface area contributed by atoms with Crippen LogP contribution >= 0.6 is 11.3 Å². The van der Waals surface area contributed by atoms with E-state index < -0.39 is 0 Å². The van der Waals surface area contributed by atoms with Crippen molar-refractivity contribution in [3.63, 3.8) is 0 Å². The van der Waals surface area contributed by atoms with Crippen LogP contribution in [0.2, 0.25) is 0 Å². The number of esters is 1. The Morgan fingerprint density at radius 3 is 2.67 bits per heavy atom. The van der Waals surface area contributed by atoms with Crippen LogP contribution in [0.3, 0.4) is 0 Å². The van der Waals surface area contributed by atoms with Gasteiger partial charge in [-0.05, 0) is 54.5 Å². The molecule has 154 valence electrons. The van der Waals surface area contributed by atoms with Gasteiger partial charge in [-0.2, -0.15) is 0 Å². The molecule has 0 radical (unpaired) electrons. The number of ether oxygens (including phenoxy) is 1. The average Bonchev–Trinajstić information content (AvgIpc) is 3.23. The van der Waals surface area contributed by atoms with Crippen LogP contribution in [0.5, 0.6) is 0 Å². The molecule has 0 saturated carbocycles. The van der Waals surface area contributed by atoms with Crippen molar-refractivity contribution in [2.45, 2.75) is 45.3 Å². The minimum absolute atomic E-state index is 0.0780. The van der Waals surface area contributed by atoms with Gasteiger partial charge in [-0.3, -0.25) is 4.79 Å². The molecule has 30 heavy (non-hydrogen) atoms. The number of thiazole rings is 1. The zero-order valence-electron chi connectivity index (χ0n) is 16.7. The van der Waals surface area contributed by atoms with Crippen molar-refractivity contribution in [2.24, 2.45) is 0 Å². The number of nitrogens with one attached hydrogen (secondary N) is 1. The van der Waals surface area contributed by atoms with E-state index in [9.17, 15) is 9.59 Å². The summed E-state index contributed by atoms with van der Waals surface area (Å²) in [6.45, 7) is 0.606. The Morgan fingerprint density at radius 1 is 1.03 bits per heavy atom. The number of nitrogens with zero attached hydrogens (tertiary/aromatic N) is 1. The summed E-state index contributed by atoms with van der Waals surface area (Å²) >= 11 is 1.40. The summed E-state index contributed by atoms with van der Waals surface area (Å²) in [5.74, 6) is -0.413. The monoisotopic (exact) mass is 420 g/mol. The van der Waals surface area contributed by atoms with E-state index in [1.807, 2.05) is 53.9 Å². The molecule has 0 unspecified atom stereocenters. The SMILES string of the molecule is O=C(Cc1nc(COC(=O)c2ccc3c(c2)CCCC3)cs1)NCc1ccccc1. The smallest absolute Gasteiger partial charge is 0.338 e. The number of hydrogen-bond acceptors (Lipinski definition) is 5. The number of amides is 1. The molecule has 1 aliphatic rings. The first-order valence-corrected chi connectivity index (χ1v) is 11.1. The highest BCUT2D eigenvalue weighted by atomic mass is 32.1. The number of carbonyl (C=O) groups excluding carboxylic acids is 2. The lowest BCUT2D eigenvalue weighted by molar-refractivity contribution is -0.120. The predicted octanol–water partition coefficient (Wildman–Crippen LogP) is 4.24. The van der Waals surface area contributed by atoms with E-state index in [0.29, 0.717) is 22.8 Å². The lowest BCUT2D eigenvalue weighted by atomic mass is 9.90. The van der Waals surface area contributed by atoms with E-state index in [1.165, 1.54) is 35.3 Å². The standard InChI is InChI=1S/C24H24N2O3S/c27-22(25-14-17-6-2-1-3-7-17)13-23-26-21(16-30-23)15-29-24(28)20-11-10-18-8-4-5-9-19(18)12-20/h1-3,6-7,10-12,16H,4-5,8-9,13-15H2,(H,25,27). The van der Waals surface area contributed by atoms with Crippen molar-refractivity contribution in [3.8, 4) is 0 Å². The van der Waals surface area contributed by atoms with Crippen LogP contribution in [0.25, 0.3) is 0 Å². The molecule has 0 atom stereocenters. The first-order valence-electron chi connectivity index (χ1n) is 10.2. The molecule has 0 aliphatic heterocycles. The molecule has 5 nitrogen and oxygen atoms in total. The summed E-state index contributed by atoms with van der Waals surface area (Å²) < 4.78 is 5.43. The topological polar surface area (TPSA) is 68.3 Å². The van der Waals surface area contributed by atoms with E-state index in [1.54, 1.807) is 0 Å². The van der Waals surface area contributed by atoms with Gasteiger partial charge in [-0.15, -0.1) is 11.3 Å². The fourth-order valence-corrected chi connectivity index (χ4v) is 4.35. The molecule has 3 aromatic rings. The second kappa shape index (κ2) is 9.67. The largest absolute Gasteiger partial charge is 0.456 e. The van der Waals surface area contributed by atoms with Crippen molar-refractivity contribution in [3.05, 3.63) is 86.9 Å². The van der Waals surface area contributed by atoms with E-state index >= 15 is 0 Å². The minimum Gasteiger partial charge on any atom is -0.456 e. The summed E-state index contributed by atoms with van der Waals surface area (Å²) in [7, 11) is 0. The number of hydrogen-bond donors (Lipinski definition) is 1. The van der Waals surface area contributed by atoms with Crippen LogP contribution in [-0.2, 0) is 41.9 Å². The Balaban J connectivity index is 1.26. The fraction of sp³-hybridized carbons (Fsp3) is 0.292. The molecule has 4 rings (SSSR count). The third kappa shape index (κ3) is 5.33. The van der Waals surface area contributed by atoms with Gasteiger partial charge in [0, 0.05) is 11.9 Å². The fourth-order valence-electron chi connectivity index (χ4n) is 3.58. The van der Waals surface area contributed by atoms with Crippen molar-refractivity contribution >= 4 is 23.2 Å². The molecular formula is C24H24N2O3S. The maximum absolute atomic E-state index is 12.4.